The smallest absolute Gasteiger partial charge is 0.426 e. The number of rotatable bonds is 10. The Hall–Kier alpha value is -2.41. The second-order valence-corrected chi connectivity index (χ2v) is 8.87. The van der Waals surface area contributed by atoms with E-state index in [1.54, 1.807) is 12.1 Å². The van der Waals surface area contributed by atoms with Crippen LogP contribution in [0.2, 0.25) is 0 Å². The van der Waals surface area contributed by atoms with Crippen LogP contribution < -0.4 is 4.74 Å². The summed E-state index contributed by atoms with van der Waals surface area (Å²) in [6, 6.07) is 14.2. The summed E-state index contributed by atoms with van der Waals surface area (Å²) in [5.41, 5.74) is 1.35. The fraction of sp³-hybridized carbons (Fsp3) is 0.519. The highest BCUT2D eigenvalue weighted by Gasteiger charge is 2.34. The van der Waals surface area contributed by atoms with Crippen molar-refractivity contribution in [2.45, 2.75) is 77.2 Å². The molecule has 0 amide bonds. The van der Waals surface area contributed by atoms with Gasteiger partial charge in [0, 0.05) is 0 Å². The van der Waals surface area contributed by atoms with E-state index in [9.17, 15) is 8.78 Å². The summed E-state index contributed by atoms with van der Waals surface area (Å²) < 4.78 is 33.9. The molecule has 0 N–H and O–H groups in total. The van der Waals surface area contributed by atoms with Gasteiger partial charge in [0.25, 0.3) is 0 Å². The van der Waals surface area contributed by atoms with E-state index in [0.29, 0.717) is 5.56 Å². The number of hydrogen-bond acceptors (Lipinski definition) is 2. The van der Waals surface area contributed by atoms with Crippen molar-refractivity contribution >= 4 is 0 Å². The lowest BCUT2D eigenvalue weighted by Gasteiger charge is -2.28. The van der Waals surface area contributed by atoms with Gasteiger partial charge in [0.2, 0.25) is 0 Å². The quantitative estimate of drug-likeness (QED) is 0.361. The Bertz CT molecular complexity index is 831. The van der Waals surface area contributed by atoms with E-state index in [0.717, 1.165) is 30.2 Å². The van der Waals surface area contributed by atoms with Crippen LogP contribution >= 0.6 is 0 Å². The van der Waals surface area contributed by atoms with Crippen LogP contribution in [0.15, 0.2) is 48.5 Å². The molecule has 1 aliphatic carbocycles. The van der Waals surface area contributed by atoms with Gasteiger partial charge in [-0.25, -0.2) is 0 Å². The lowest BCUT2D eigenvalue weighted by molar-refractivity contribution is -0.185. The molecular weight excluding hydrogens is 392 g/mol. The molecule has 0 unspecified atom stereocenters. The first kappa shape index (κ1) is 23.3. The predicted octanol–water partition coefficient (Wildman–Crippen LogP) is 8.01. The number of halogens is 2. The molecule has 2 aromatic rings. The van der Waals surface area contributed by atoms with Gasteiger partial charge in [0.05, 0.1) is 17.2 Å². The van der Waals surface area contributed by atoms with E-state index in [-0.39, 0.29) is 11.3 Å². The van der Waals surface area contributed by atoms with Gasteiger partial charge in [0.15, 0.2) is 0 Å². The van der Waals surface area contributed by atoms with E-state index >= 15 is 0 Å². The SMILES string of the molecule is CCCCC[C@H]1CC[C@H](CCc2ccc(C(F)(F)Oc3ccc(C#N)cc3)cc2)CC1. The normalized spacial score (nSPS) is 19.0. The number of benzene rings is 2. The minimum atomic E-state index is -3.41. The molecule has 1 saturated carbocycles. The molecule has 4 heteroatoms. The second kappa shape index (κ2) is 11.3. The highest BCUT2D eigenvalue weighted by molar-refractivity contribution is 5.35. The molecule has 2 aromatic carbocycles. The van der Waals surface area contributed by atoms with Crippen molar-refractivity contribution in [3.05, 3.63) is 65.2 Å². The molecule has 0 heterocycles. The molecule has 0 saturated heterocycles. The molecule has 0 aromatic heterocycles. The number of hydrogen-bond donors (Lipinski definition) is 0. The Morgan fingerprint density at radius 3 is 2.10 bits per heavy atom. The largest absolute Gasteiger partial charge is 0.429 e. The van der Waals surface area contributed by atoms with Crippen molar-refractivity contribution in [2.75, 3.05) is 0 Å². The van der Waals surface area contributed by atoms with Gasteiger partial charge in [-0.05, 0) is 66.6 Å². The van der Waals surface area contributed by atoms with Crippen molar-refractivity contribution in [2.24, 2.45) is 11.8 Å². The minimum absolute atomic E-state index is 0.0402. The number of nitriles is 1. The zero-order valence-electron chi connectivity index (χ0n) is 18.5. The van der Waals surface area contributed by atoms with E-state index in [4.69, 9.17) is 10.00 Å². The van der Waals surface area contributed by atoms with E-state index in [2.05, 4.69) is 6.92 Å². The van der Waals surface area contributed by atoms with E-state index < -0.39 is 6.11 Å². The Morgan fingerprint density at radius 1 is 0.903 bits per heavy atom. The van der Waals surface area contributed by atoms with Gasteiger partial charge in [-0.3, -0.25) is 0 Å². The van der Waals surface area contributed by atoms with Gasteiger partial charge in [0.1, 0.15) is 5.75 Å². The lowest BCUT2D eigenvalue weighted by atomic mass is 9.78. The summed E-state index contributed by atoms with van der Waals surface area (Å²) in [6.45, 7) is 2.26. The summed E-state index contributed by atoms with van der Waals surface area (Å²) >= 11 is 0. The molecule has 3 rings (SSSR count). The molecule has 1 fully saturated rings. The van der Waals surface area contributed by atoms with Crippen LogP contribution in [-0.2, 0) is 12.5 Å². The van der Waals surface area contributed by atoms with Gasteiger partial charge in [-0.1, -0.05) is 70.4 Å². The molecule has 0 aliphatic heterocycles. The maximum absolute atomic E-state index is 14.5. The van der Waals surface area contributed by atoms with Crippen LogP contribution in [0.25, 0.3) is 0 Å². The number of alkyl halides is 2. The van der Waals surface area contributed by atoms with Gasteiger partial charge in [-0.2, -0.15) is 14.0 Å². The van der Waals surface area contributed by atoms with Crippen LogP contribution in [0.4, 0.5) is 8.78 Å². The fourth-order valence-corrected chi connectivity index (χ4v) is 4.53. The summed E-state index contributed by atoms with van der Waals surface area (Å²) in [5, 5.41) is 8.80. The number of aryl methyl sites for hydroxylation is 1. The summed E-state index contributed by atoms with van der Waals surface area (Å²) in [5.74, 6) is 1.72. The van der Waals surface area contributed by atoms with Crippen LogP contribution in [0.3, 0.4) is 0 Å². The second-order valence-electron chi connectivity index (χ2n) is 8.87. The first-order valence-corrected chi connectivity index (χ1v) is 11.7. The zero-order valence-corrected chi connectivity index (χ0v) is 18.5. The average Bonchev–Trinajstić information content (AvgIpc) is 2.79. The van der Waals surface area contributed by atoms with Gasteiger partial charge >= 0.3 is 6.11 Å². The van der Waals surface area contributed by atoms with Crippen molar-refractivity contribution < 1.29 is 13.5 Å². The molecule has 0 bridgehead atoms. The van der Waals surface area contributed by atoms with Crippen LogP contribution in [0.5, 0.6) is 5.75 Å². The molecule has 2 nitrogen and oxygen atoms in total. The van der Waals surface area contributed by atoms with Crippen LogP contribution in [0.1, 0.15) is 81.4 Å². The van der Waals surface area contributed by atoms with E-state index in [1.807, 2.05) is 6.07 Å². The first-order chi connectivity index (χ1) is 15.0. The van der Waals surface area contributed by atoms with Crippen molar-refractivity contribution in [1.82, 2.24) is 0 Å². The molecule has 31 heavy (non-hydrogen) atoms. The summed E-state index contributed by atoms with van der Waals surface area (Å²) in [4.78, 5) is 0. The zero-order chi connectivity index (χ0) is 22.1. The van der Waals surface area contributed by atoms with Crippen LogP contribution in [0, 0.1) is 23.2 Å². The van der Waals surface area contributed by atoms with Gasteiger partial charge < -0.3 is 4.74 Å². The third kappa shape index (κ3) is 7.06. The highest BCUT2D eigenvalue weighted by Crippen LogP contribution is 2.35. The maximum Gasteiger partial charge on any atom is 0.426 e. The Morgan fingerprint density at radius 2 is 1.52 bits per heavy atom. The third-order valence-electron chi connectivity index (χ3n) is 6.54. The fourth-order valence-electron chi connectivity index (χ4n) is 4.53. The van der Waals surface area contributed by atoms with E-state index in [1.165, 1.54) is 87.8 Å². The summed E-state index contributed by atoms with van der Waals surface area (Å²) in [6.07, 6.45) is 9.40. The minimum Gasteiger partial charge on any atom is -0.429 e. The van der Waals surface area contributed by atoms with Crippen molar-refractivity contribution in [3.8, 4) is 11.8 Å². The molecule has 0 atom stereocenters. The third-order valence-corrected chi connectivity index (χ3v) is 6.54. The van der Waals surface area contributed by atoms with Crippen molar-refractivity contribution in [3.63, 3.8) is 0 Å². The van der Waals surface area contributed by atoms with Crippen LogP contribution in [-0.4, -0.2) is 0 Å². The first-order valence-electron chi connectivity index (χ1n) is 11.7. The standard InChI is InChI=1S/C27H33F2NO/c1-2-3-4-5-21-6-8-22(9-7-21)10-11-23-12-16-25(17-13-23)27(28,29)31-26-18-14-24(20-30)15-19-26/h12-19,21-22H,2-11H2,1H3/t21-,22-. The Balaban J connectivity index is 1.46. The average molecular weight is 426 g/mol. The molecular formula is C27H33F2NO. The topological polar surface area (TPSA) is 33.0 Å². The number of ether oxygens (including phenoxy) is 1. The number of nitrogens with zero attached hydrogens (tertiary/aromatic N) is 1. The Kier molecular flexibility index (Phi) is 8.46. The maximum atomic E-state index is 14.5. The van der Waals surface area contributed by atoms with Gasteiger partial charge in [-0.15, -0.1) is 0 Å². The number of unbranched alkanes of at least 4 members (excludes halogenated alkanes) is 2. The molecule has 0 radical (unpaired) electrons. The van der Waals surface area contributed by atoms with Crippen molar-refractivity contribution in [1.29, 1.82) is 5.26 Å². The predicted molar refractivity (Wildman–Crippen MR) is 120 cm³/mol. The molecule has 166 valence electrons. The Labute approximate surface area is 185 Å². The monoisotopic (exact) mass is 425 g/mol. The lowest BCUT2D eigenvalue weighted by Crippen LogP contribution is -2.21. The summed E-state index contributed by atoms with van der Waals surface area (Å²) in [7, 11) is 0. The molecule has 0 spiro atoms. The molecule has 1 aliphatic rings. The highest BCUT2D eigenvalue weighted by atomic mass is 19.3.